The Labute approximate surface area is 85.3 Å². The maximum absolute atomic E-state index is 10.4. The van der Waals surface area contributed by atoms with Crippen molar-refractivity contribution in [1.82, 2.24) is 10.2 Å². The van der Waals surface area contributed by atoms with E-state index >= 15 is 0 Å². The maximum atomic E-state index is 10.4. The van der Waals surface area contributed by atoms with Crippen LogP contribution in [0, 0.1) is 0 Å². The third-order valence-corrected chi connectivity index (χ3v) is 2.45. The van der Waals surface area contributed by atoms with Crippen LogP contribution in [0.4, 0.5) is 0 Å². The highest BCUT2D eigenvalue weighted by Gasteiger charge is 2.20. The predicted octanol–water partition coefficient (Wildman–Crippen LogP) is -0.672. The van der Waals surface area contributed by atoms with Crippen LogP contribution < -0.4 is 11.1 Å². The van der Waals surface area contributed by atoms with Crippen molar-refractivity contribution in [3.8, 4) is 0 Å². The molecule has 0 aromatic heterocycles. The van der Waals surface area contributed by atoms with Gasteiger partial charge in [0, 0.05) is 18.6 Å². The van der Waals surface area contributed by atoms with Gasteiger partial charge in [-0.3, -0.25) is 4.79 Å². The van der Waals surface area contributed by atoms with Crippen molar-refractivity contribution >= 4 is 5.97 Å². The molecule has 1 atom stereocenters. The summed E-state index contributed by atoms with van der Waals surface area (Å²) in [4.78, 5) is 12.5. The molecule has 0 aliphatic heterocycles. The average Bonchev–Trinajstić information content (AvgIpc) is 2.03. The first-order valence-corrected chi connectivity index (χ1v) is 4.64. The Morgan fingerprint density at radius 3 is 2.43 bits per heavy atom. The zero-order chi connectivity index (χ0) is 11.4. The molecule has 0 aromatic rings. The Morgan fingerprint density at radius 1 is 1.57 bits per heavy atom. The molecule has 0 bridgehead atoms. The molecule has 0 aliphatic carbocycles. The highest BCUT2D eigenvalue weighted by atomic mass is 16.4. The molecule has 0 saturated heterocycles. The fourth-order valence-corrected chi connectivity index (χ4v) is 0.779. The Bertz CT molecular complexity index is 192. The van der Waals surface area contributed by atoms with Crippen LogP contribution in [-0.2, 0) is 4.79 Å². The SMILES string of the molecule is CN(C)C(C)(C)CNCC(N)C(=O)O. The fraction of sp³-hybridized carbons (Fsp3) is 0.889. The predicted molar refractivity (Wildman–Crippen MR) is 56.2 cm³/mol. The van der Waals surface area contributed by atoms with Gasteiger partial charge < -0.3 is 21.1 Å². The van der Waals surface area contributed by atoms with Crippen molar-refractivity contribution in [1.29, 1.82) is 0 Å². The quantitative estimate of drug-likeness (QED) is 0.533. The molecule has 0 saturated carbocycles. The largest absolute Gasteiger partial charge is 0.480 e. The number of rotatable bonds is 6. The average molecular weight is 203 g/mol. The monoisotopic (exact) mass is 203 g/mol. The lowest BCUT2D eigenvalue weighted by molar-refractivity contribution is -0.138. The van der Waals surface area contributed by atoms with Crippen molar-refractivity contribution in [2.24, 2.45) is 5.73 Å². The maximum Gasteiger partial charge on any atom is 0.321 e. The second-order valence-corrected chi connectivity index (χ2v) is 4.28. The zero-order valence-electron chi connectivity index (χ0n) is 9.37. The number of hydrogen-bond donors (Lipinski definition) is 3. The third kappa shape index (κ3) is 4.55. The second-order valence-electron chi connectivity index (χ2n) is 4.28. The minimum absolute atomic E-state index is 0.00176. The Balaban J connectivity index is 3.79. The van der Waals surface area contributed by atoms with Crippen LogP contribution in [0.3, 0.4) is 0 Å². The van der Waals surface area contributed by atoms with Gasteiger partial charge in [0.1, 0.15) is 6.04 Å². The van der Waals surface area contributed by atoms with E-state index in [1.165, 1.54) is 0 Å². The van der Waals surface area contributed by atoms with Crippen LogP contribution in [0.1, 0.15) is 13.8 Å². The lowest BCUT2D eigenvalue weighted by Crippen LogP contribution is -2.50. The van der Waals surface area contributed by atoms with E-state index in [1.807, 2.05) is 14.1 Å². The van der Waals surface area contributed by atoms with E-state index in [1.54, 1.807) is 0 Å². The van der Waals surface area contributed by atoms with Gasteiger partial charge in [0.25, 0.3) is 0 Å². The highest BCUT2D eigenvalue weighted by Crippen LogP contribution is 2.07. The fourth-order valence-electron chi connectivity index (χ4n) is 0.779. The van der Waals surface area contributed by atoms with Crippen LogP contribution in [0.15, 0.2) is 0 Å². The molecular formula is C9H21N3O2. The summed E-state index contributed by atoms with van der Waals surface area (Å²) in [6.07, 6.45) is 0. The highest BCUT2D eigenvalue weighted by molar-refractivity contribution is 5.73. The molecule has 0 aromatic carbocycles. The van der Waals surface area contributed by atoms with Crippen molar-refractivity contribution in [3.05, 3.63) is 0 Å². The summed E-state index contributed by atoms with van der Waals surface area (Å²) < 4.78 is 0. The van der Waals surface area contributed by atoms with Gasteiger partial charge in [-0.05, 0) is 27.9 Å². The number of nitrogens with two attached hydrogens (primary N) is 1. The molecule has 0 heterocycles. The van der Waals surface area contributed by atoms with E-state index in [4.69, 9.17) is 10.8 Å². The Hall–Kier alpha value is -0.650. The molecule has 0 radical (unpaired) electrons. The van der Waals surface area contributed by atoms with Gasteiger partial charge in [0.2, 0.25) is 0 Å². The number of carboxylic acid groups (broad SMARTS) is 1. The summed E-state index contributed by atoms with van der Waals surface area (Å²) in [6, 6.07) is -0.826. The molecule has 84 valence electrons. The van der Waals surface area contributed by atoms with Gasteiger partial charge in [-0.1, -0.05) is 0 Å². The van der Waals surface area contributed by atoms with Crippen LogP contribution in [0.25, 0.3) is 0 Å². The molecule has 1 unspecified atom stereocenters. The van der Waals surface area contributed by atoms with E-state index in [2.05, 4.69) is 24.1 Å². The molecule has 14 heavy (non-hydrogen) atoms. The lowest BCUT2D eigenvalue weighted by atomic mass is 10.0. The molecule has 4 N–H and O–H groups in total. The molecule has 5 heteroatoms. The topological polar surface area (TPSA) is 78.6 Å². The second kappa shape index (κ2) is 5.29. The van der Waals surface area contributed by atoms with Gasteiger partial charge in [-0.15, -0.1) is 0 Å². The molecular weight excluding hydrogens is 182 g/mol. The summed E-state index contributed by atoms with van der Waals surface area (Å²) in [7, 11) is 3.97. The summed E-state index contributed by atoms with van der Waals surface area (Å²) >= 11 is 0. The molecule has 0 rings (SSSR count). The normalized spacial score (nSPS) is 14.4. The summed E-state index contributed by atoms with van der Waals surface area (Å²) in [6.45, 7) is 5.16. The Kier molecular flexibility index (Phi) is 5.04. The lowest BCUT2D eigenvalue weighted by Gasteiger charge is -2.33. The summed E-state index contributed by atoms with van der Waals surface area (Å²) in [5.74, 6) is -0.972. The minimum Gasteiger partial charge on any atom is -0.480 e. The first-order chi connectivity index (χ1) is 6.27. The summed E-state index contributed by atoms with van der Waals surface area (Å²) in [5, 5.41) is 11.6. The van der Waals surface area contributed by atoms with Crippen molar-refractivity contribution in [3.63, 3.8) is 0 Å². The number of hydrogen-bond acceptors (Lipinski definition) is 4. The smallest absolute Gasteiger partial charge is 0.321 e. The van der Waals surface area contributed by atoms with Crippen LogP contribution in [0.5, 0.6) is 0 Å². The number of nitrogens with one attached hydrogen (secondary N) is 1. The van der Waals surface area contributed by atoms with E-state index < -0.39 is 12.0 Å². The van der Waals surface area contributed by atoms with Gasteiger partial charge in [-0.2, -0.15) is 0 Å². The van der Waals surface area contributed by atoms with Gasteiger partial charge in [-0.25, -0.2) is 0 Å². The molecule has 0 aliphatic rings. The number of likely N-dealkylation sites (N-methyl/N-ethyl adjacent to an activating group) is 1. The van der Waals surface area contributed by atoms with E-state index in [0.29, 0.717) is 13.1 Å². The van der Waals surface area contributed by atoms with Gasteiger partial charge in [0.05, 0.1) is 0 Å². The number of aliphatic carboxylic acids is 1. The van der Waals surface area contributed by atoms with Crippen molar-refractivity contribution in [2.45, 2.75) is 25.4 Å². The van der Waals surface area contributed by atoms with Gasteiger partial charge in [0.15, 0.2) is 0 Å². The standard InChI is InChI=1S/C9H21N3O2/c1-9(2,12(3)4)6-11-5-7(10)8(13)14/h7,11H,5-6,10H2,1-4H3,(H,13,14). The number of carboxylic acids is 1. The van der Waals surface area contributed by atoms with E-state index in [0.717, 1.165) is 0 Å². The van der Waals surface area contributed by atoms with Crippen molar-refractivity contribution in [2.75, 3.05) is 27.2 Å². The molecule has 0 amide bonds. The summed E-state index contributed by atoms with van der Waals surface area (Å²) in [5.41, 5.74) is 5.34. The molecule has 0 spiro atoms. The zero-order valence-corrected chi connectivity index (χ0v) is 9.37. The number of nitrogens with zero attached hydrogens (tertiary/aromatic N) is 1. The number of carbonyl (C=O) groups is 1. The molecule has 5 nitrogen and oxygen atoms in total. The minimum atomic E-state index is -0.972. The van der Waals surface area contributed by atoms with Crippen LogP contribution in [0.2, 0.25) is 0 Å². The van der Waals surface area contributed by atoms with Crippen LogP contribution >= 0.6 is 0 Å². The van der Waals surface area contributed by atoms with Gasteiger partial charge >= 0.3 is 5.97 Å². The third-order valence-electron chi connectivity index (χ3n) is 2.45. The van der Waals surface area contributed by atoms with E-state index in [-0.39, 0.29) is 5.54 Å². The van der Waals surface area contributed by atoms with E-state index in [9.17, 15) is 4.79 Å². The first-order valence-electron chi connectivity index (χ1n) is 4.64. The first kappa shape index (κ1) is 13.4. The molecule has 0 fully saturated rings. The Morgan fingerprint density at radius 2 is 2.07 bits per heavy atom. The van der Waals surface area contributed by atoms with Crippen LogP contribution in [-0.4, -0.2) is 54.7 Å². The van der Waals surface area contributed by atoms with Crippen molar-refractivity contribution < 1.29 is 9.90 Å².